The lowest BCUT2D eigenvalue weighted by molar-refractivity contribution is -0.112. The van der Waals surface area contributed by atoms with Gasteiger partial charge in [0, 0.05) is 29.5 Å². The summed E-state index contributed by atoms with van der Waals surface area (Å²) in [7, 11) is 2.01. The number of nitrogens with zero attached hydrogens (tertiary/aromatic N) is 2. The van der Waals surface area contributed by atoms with Gasteiger partial charge in [-0.2, -0.15) is 5.26 Å². The number of amides is 1. The van der Waals surface area contributed by atoms with E-state index in [9.17, 15) is 10.1 Å². The van der Waals surface area contributed by atoms with Crippen molar-refractivity contribution in [3.8, 4) is 6.07 Å². The molecule has 1 aliphatic rings. The molecule has 0 aromatic heterocycles. The number of carbonyl (C=O) groups is 1. The molecular weight excluding hydrogens is 346 g/mol. The molecule has 2 aromatic carbocycles. The van der Waals surface area contributed by atoms with Gasteiger partial charge in [0.2, 0.25) is 0 Å². The minimum absolute atomic E-state index is 0.0774. The van der Waals surface area contributed by atoms with Gasteiger partial charge in [0.25, 0.3) is 5.91 Å². The van der Waals surface area contributed by atoms with Gasteiger partial charge in [0.05, 0.1) is 0 Å². The Balaban J connectivity index is 1.90. The Hall–Kier alpha value is -3.32. The first-order valence-electron chi connectivity index (χ1n) is 9.30. The van der Waals surface area contributed by atoms with Gasteiger partial charge in [0.15, 0.2) is 0 Å². The van der Waals surface area contributed by atoms with Crippen LogP contribution in [0.2, 0.25) is 0 Å². The lowest BCUT2D eigenvalue weighted by Gasteiger charge is -2.23. The maximum atomic E-state index is 12.6. The van der Waals surface area contributed by atoms with Gasteiger partial charge in [0.1, 0.15) is 11.6 Å². The fourth-order valence-electron chi connectivity index (χ4n) is 3.70. The Morgan fingerprint density at radius 1 is 1.14 bits per heavy atom. The summed E-state index contributed by atoms with van der Waals surface area (Å²) >= 11 is 0. The normalized spacial score (nSPS) is 16.6. The molecule has 0 saturated heterocycles. The molecular formula is C24H25N3O. The molecule has 1 amide bonds. The Labute approximate surface area is 166 Å². The second-order valence-electron chi connectivity index (χ2n) is 7.65. The number of likely N-dealkylation sites (N-methyl/N-ethyl adjacent to an activating group) is 1. The number of hydrogen-bond acceptors (Lipinski definition) is 3. The molecule has 0 atom stereocenters. The second-order valence-corrected chi connectivity index (χ2v) is 7.65. The fourth-order valence-corrected chi connectivity index (χ4v) is 3.70. The first-order valence-corrected chi connectivity index (χ1v) is 9.30. The quantitative estimate of drug-likeness (QED) is 0.610. The molecule has 0 aliphatic carbocycles. The van der Waals surface area contributed by atoms with Crippen LogP contribution < -0.4 is 10.2 Å². The van der Waals surface area contributed by atoms with Crippen LogP contribution in [-0.2, 0) is 10.2 Å². The number of allylic oxidation sites excluding steroid dienone is 3. The largest absolute Gasteiger partial charge is 0.347 e. The summed E-state index contributed by atoms with van der Waals surface area (Å²) in [5.41, 5.74) is 6.11. The highest BCUT2D eigenvalue weighted by Gasteiger charge is 2.37. The minimum Gasteiger partial charge on any atom is -0.347 e. The number of aryl methyl sites for hydroxylation is 1. The van der Waals surface area contributed by atoms with Crippen LogP contribution >= 0.6 is 0 Å². The monoisotopic (exact) mass is 371 g/mol. The first-order chi connectivity index (χ1) is 13.3. The smallest absolute Gasteiger partial charge is 0.266 e. The molecule has 3 rings (SSSR count). The van der Waals surface area contributed by atoms with Gasteiger partial charge in [-0.3, -0.25) is 4.79 Å². The summed E-state index contributed by atoms with van der Waals surface area (Å²) in [5.74, 6) is -0.399. The van der Waals surface area contributed by atoms with Gasteiger partial charge < -0.3 is 10.2 Å². The number of benzene rings is 2. The van der Waals surface area contributed by atoms with Crippen LogP contribution in [0.25, 0.3) is 0 Å². The van der Waals surface area contributed by atoms with Gasteiger partial charge in [-0.05, 0) is 54.8 Å². The van der Waals surface area contributed by atoms with E-state index in [-0.39, 0.29) is 11.0 Å². The van der Waals surface area contributed by atoms with Crippen molar-refractivity contribution in [3.63, 3.8) is 0 Å². The summed E-state index contributed by atoms with van der Waals surface area (Å²) in [4.78, 5) is 14.7. The Kier molecular flexibility index (Phi) is 5.11. The van der Waals surface area contributed by atoms with Crippen molar-refractivity contribution in [1.29, 1.82) is 5.26 Å². The highest BCUT2D eigenvalue weighted by atomic mass is 16.1. The molecule has 1 N–H and O–H groups in total. The van der Waals surface area contributed by atoms with E-state index in [0.717, 1.165) is 28.2 Å². The molecule has 0 saturated carbocycles. The Bertz CT molecular complexity index is 1040. The van der Waals surface area contributed by atoms with E-state index in [2.05, 4.69) is 36.2 Å². The summed E-state index contributed by atoms with van der Waals surface area (Å²) < 4.78 is 0. The number of nitriles is 1. The molecule has 0 spiro atoms. The van der Waals surface area contributed by atoms with Crippen molar-refractivity contribution >= 4 is 17.3 Å². The molecule has 1 heterocycles. The van der Waals surface area contributed by atoms with Crippen molar-refractivity contribution < 1.29 is 4.79 Å². The molecule has 0 fully saturated rings. The van der Waals surface area contributed by atoms with Crippen molar-refractivity contribution in [1.82, 2.24) is 0 Å². The lowest BCUT2D eigenvalue weighted by Crippen LogP contribution is -2.22. The first kappa shape index (κ1) is 19.4. The van der Waals surface area contributed by atoms with Gasteiger partial charge >= 0.3 is 0 Å². The van der Waals surface area contributed by atoms with E-state index in [4.69, 9.17) is 0 Å². The highest BCUT2D eigenvalue weighted by molar-refractivity contribution is 6.07. The number of carbonyl (C=O) groups excluding carboxylic acids is 1. The van der Waals surface area contributed by atoms with Crippen molar-refractivity contribution in [2.24, 2.45) is 0 Å². The van der Waals surface area contributed by atoms with Crippen LogP contribution in [0.3, 0.4) is 0 Å². The number of rotatable bonds is 3. The van der Waals surface area contributed by atoms with Crippen LogP contribution in [-0.4, -0.2) is 13.0 Å². The lowest BCUT2D eigenvalue weighted by atomic mass is 9.83. The fraction of sp³-hybridized carbons (Fsp3) is 0.250. The number of nitrogens with one attached hydrogen (secondary N) is 1. The van der Waals surface area contributed by atoms with E-state index < -0.39 is 5.91 Å². The zero-order valence-electron chi connectivity index (χ0n) is 17.0. The van der Waals surface area contributed by atoms with Crippen LogP contribution in [0.1, 0.15) is 30.5 Å². The van der Waals surface area contributed by atoms with Crippen LogP contribution in [0, 0.1) is 25.2 Å². The topological polar surface area (TPSA) is 56.1 Å². The molecule has 142 valence electrons. The summed E-state index contributed by atoms with van der Waals surface area (Å²) in [6.45, 7) is 8.25. The molecule has 0 unspecified atom stereocenters. The van der Waals surface area contributed by atoms with Gasteiger partial charge in [-0.1, -0.05) is 44.2 Å². The molecule has 4 nitrogen and oxygen atoms in total. The molecule has 1 aliphatic heterocycles. The maximum absolute atomic E-state index is 12.6. The Morgan fingerprint density at radius 2 is 1.86 bits per heavy atom. The van der Waals surface area contributed by atoms with E-state index >= 15 is 0 Å². The van der Waals surface area contributed by atoms with E-state index in [1.165, 1.54) is 5.56 Å². The standard InChI is InChI=1S/C24H25N3O/c1-16-9-8-11-20(17(16)2)26-23(28)18(15-25)13-14-22-24(3,4)19-10-6-7-12-21(19)27(22)5/h6-14H,1-5H3,(H,26,28)/b18-13+,22-14-. The van der Waals surface area contributed by atoms with E-state index in [0.29, 0.717) is 0 Å². The second kappa shape index (κ2) is 7.36. The van der Waals surface area contributed by atoms with Crippen molar-refractivity contribution in [2.45, 2.75) is 33.1 Å². The maximum Gasteiger partial charge on any atom is 0.266 e. The van der Waals surface area contributed by atoms with Gasteiger partial charge in [-0.25, -0.2) is 0 Å². The summed E-state index contributed by atoms with van der Waals surface area (Å²) in [6, 6.07) is 16.0. The molecule has 2 aromatic rings. The average Bonchev–Trinajstić information content (AvgIpc) is 2.86. The molecule has 28 heavy (non-hydrogen) atoms. The van der Waals surface area contributed by atoms with Crippen molar-refractivity contribution in [3.05, 3.63) is 82.6 Å². The minimum atomic E-state index is -0.399. The van der Waals surface area contributed by atoms with Gasteiger partial charge in [-0.15, -0.1) is 0 Å². The van der Waals surface area contributed by atoms with E-state index in [1.807, 2.05) is 63.4 Å². The van der Waals surface area contributed by atoms with E-state index in [1.54, 1.807) is 6.08 Å². The molecule has 0 bridgehead atoms. The number of anilines is 2. The Morgan fingerprint density at radius 3 is 2.54 bits per heavy atom. The van der Waals surface area contributed by atoms with Crippen LogP contribution in [0.5, 0.6) is 0 Å². The van der Waals surface area contributed by atoms with Crippen molar-refractivity contribution in [2.75, 3.05) is 17.3 Å². The van der Waals surface area contributed by atoms with Crippen LogP contribution in [0.4, 0.5) is 11.4 Å². The third-order valence-electron chi connectivity index (χ3n) is 5.57. The van der Waals surface area contributed by atoms with Crippen LogP contribution in [0.15, 0.2) is 65.9 Å². The summed E-state index contributed by atoms with van der Waals surface area (Å²) in [5, 5.41) is 12.4. The average molecular weight is 371 g/mol. The zero-order valence-corrected chi connectivity index (χ0v) is 17.0. The number of fused-ring (bicyclic) bond motifs is 1. The molecule has 0 radical (unpaired) electrons. The third-order valence-corrected chi connectivity index (χ3v) is 5.57. The third kappa shape index (κ3) is 3.32. The highest BCUT2D eigenvalue weighted by Crippen LogP contribution is 2.46. The number of hydrogen-bond donors (Lipinski definition) is 1. The predicted octanol–water partition coefficient (Wildman–Crippen LogP) is 5.00. The predicted molar refractivity (Wildman–Crippen MR) is 114 cm³/mol. The SMILES string of the molecule is Cc1cccc(NC(=O)/C(C#N)=C/C=C2\N(C)c3ccccc3C2(C)C)c1C. The zero-order chi connectivity index (χ0) is 20.5. The summed E-state index contributed by atoms with van der Waals surface area (Å²) in [6.07, 6.45) is 3.49. The molecule has 4 heteroatoms. The number of para-hydroxylation sites is 1.